The molecule has 0 bridgehead atoms. The van der Waals surface area contributed by atoms with Gasteiger partial charge in [-0.05, 0) is 6.42 Å². The molecule has 1 unspecified atom stereocenters. The molecule has 1 amide bonds. The van der Waals surface area contributed by atoms with Crippen LogP contribution in [-0.2, 0) is 9.53 Å². The summed E-state index contributed by atoms with van der Waals surface area (Å²) in [6.07, 6.45) is 0.596. The highest BCUT2D eigenvalue weighted by molar-refractivity contribution is 5.78. The largest absolute Gasteiger partial charge is 0.394 e. The molecular weight excluding hydrogens is 160 g/mol. The number of aliphatic hydroxyl groups is 1. The van der Waals surface area contributed by atoms with E-state index < -0.39 is 0 Å². The lowest BCUT2D eigenvalue weighted by molar-refractivity contribution is -0.120. The molecule has 5 heteroatoms. The third-order valence-electron chi connectivity index (χ3n) is 1.44. The van der Waals surface area contributed by atoms with Crippen molar-refractivity contribution in [1.82, 2.24) is 5.32 Å². The van der Waals surface area contributed by atoms with Gasteiger partial charge in [-0.2, -0.15) is 0 Å². The minimum absolute atomic E-state index is 0.0521. The standard InChI is InChI=1S/C7H16N2O3/c1-12-3-2-6(5-10)9-7(11)4-8/h6,10H,2-5,8H2,1H3,(H,9,11). The first-order valence-corrected chi connectivity index (χ1v) is 3.83. The van der Waals surface area contributed by atoms with E-state index in [0.717, 1.165) is 0 Å². The Morgan fingerprint density at radius 3 is 2.83 bits per heavy atom. The first kappa shape index (κ1) is 11.4. The maximum Gasteiger partial charge on any atom is 0.234 e. The molecule has 0 aromatic carbocycles. The third kappa shape index (κ3) is 5.06. The van der Waals surface area contributed by atoms with Crippen molar-refractivity contribution in [3.05, 3.63) is 0 Å². The van der Waals surface area contributed by atoms with E-state index in [9.17, 15) is 4.79 Å². The summed E-state index contributed by atoms with van der Waals surface area (Å²) in [5, 5.41) is 11.3. The molecule has 0 heterocycles. The Balaban J connectivity index is 3.59. The van der Waals surface area contributed by atoms with Crippen molar-refractivity contribution in [2.24, 2.45) is 5.73 Å². The fraction of sp³-hybridized carbons (Fsp3) is 0.857. The molecule has 0 aromatic heterocycles. The molecule has 0 rings (SSSR count). The Labute approximate surface area is 71.9 Å². The topological polar surface area (TPSA) is 84.6 Å². The number of nitrogens with one attached hydrogen (secondary N) is 1. The lowest BCUT2D eigenvalue weighted by Gasteiger charge is -2.14. The van der Waals surface area contributed by atoms with E-state index in [1.165, 1.54) is 0 Å². The Kier molecular flexibility index (Phi) is 6.64. The number of carbonyl (C=O) groups excluding carboxylic acids is 1. The first-order chi connectivity index (χ1) is 5.74. The second kappa shape index (κ2) is 7.02. The van der Waals surface area contributed by atoms with Gasteiger partial charge in [0.1, 0.15) is 0 Å². The average Bonchev–Trinajstić information content (AvgIpc) is 2.11. The fourth-order valence-electron chi connectivity index (χ4n) is 0.756. The van der Waals surface area contributed by atoms with Gasteiger partial charge in [0.25, 0.3) is 0 Å². The van der Waals surface area contributed by atoms with E-state index in [1.54, 1.807) is 7.11 Å². The number of nitrogens with two attached hydrogens (primary N) is 1. The van der Waals surface area contributed by atoms with Gasteiger partial charge in [0, 0.05) is 13.7 Å². The Bertz CT molecular complexity index is 130. The number of hydrogen-bond acceptors (Lipinski definition) is 4. The number of methoxy groups -OCH3 is 1. The number of aliphatic hydroxyl groups excluding tert-OH is 1. The molecule has 0 aromatic rings. The van der Waals surface area contributed by atoms with Crippen LogP contribution in [0.5, 0.6) is 0 Å². The minimum atomic E-state index is -0.259. The van der Waals surface area contributed by atoms with Crippen molar-refractivity contribution in [3.63, 3.8) is 0 Å². The van der Waals surface area contributed by atoms with Crippen LogP contribution in [-0.4, -0.2) is 43.9 Å². The van der Waals surface area contributed by atoms with Crippen molar-refractivity contribution >= 4 is 5.91 Å². The molecule has 0 aliphatic heterocycles. The molecule has 72 valence electrons. The molecule has 0 aliphatic rings. The van der Waals surface area contributed by atoms with Crippen LogP contribution in [0.25, 0.3) is 0 Å². The van der Waals surface area contributed by atoms with Crippen LogP contribution in [0.15, 0.2) is 0 Å². The summed E-state index contributed by atoms with van der Waals surface area (Å²) >= 11 is 0. The molecule has 5 nitrogen and oxygen atoms in total. The van der Waals surface area contributed by atoms with E-state index in [4.69, 9.17) is 15.6 Å². The van der Waals surface area contributed by atoms with Gasteiger partial charge in [-0.15, -0.1) is 0 Å². The summed E-state index contributed by atoms with van der Waals surface area (Å²) in [5.41, 5.74) is 5.08. The number of amides is 1. The molecule has 0 aliphatic carbocycles. The van der Waals surface area contributed by atoms with Crippen LogP contribution < -0.4 is 11.1 Å². The quantitative estimate of drug-likeness (QED) is 0.458. The van der Waals surface area contributed by atoms with Crippen LogP contribution in [0, 0.1) is 0 Å². The number of rotatable bonds is 6. The zero-order valence-corrected chi connectivity index (χ0v) is 7.25. The van der Waals surface area contributed by atoms with Crippen molar-refractivity contribution in [2.75, 3.05) is 26.9 Å². The third-order valence-corrected chi connectivity index (χ3v) is 1.44. The molecular formula is C7H16N2O3. The molecule has 4 N–H and O–H groups in total. The molecule has 12 heavy (non-hydrogen) atoms. The van der Waals surface area contributed by atoms with Crippen LogP contribution in [0.1, 0.15) is 6.42 Å². The molecule has 0 spiro atoms. The van der Waals surface area contributed by atoms with Gasteiger partial charge in [-0.1, -0.05) is 0 Å². The maximum atomic E-state index is 10.8. The highest BCUT2D eigenvalue weighted by Gasteiger charge is 2.08. The lowest BCUT2D eigenvalue weighted by atomic mass is 10.2. The van der Waals surface area contributed by atoms with Crippen molar-refractivity contribution in [2.45, 2.75) is 12.5 Å². The SMILES string of the molecule is COCCC(CO)NC(=O)CN. The molecule has 0 saturated heterocycles. The van der Waals surface area contributed by atoms with E-state index in [1.807, 2.05) is 0 Å². The van der Waals surface area contributed by atoms with Gasteiger partial charge in [0.05, 0.1) is 19.2 Å². The Hall–Kier alpha value is -0.650. The van der Waals surface area contributed by atoms with Gasteiger partial charge in [-0.25, -0.2) is 0 Å². The van der Waals surface area contributed by atoms with Gasteiger partial charge in [0.15, 0.2) is 0 Å². The zero-order valence-electron chi connectivity index (χ0n) is 7.25. The fourth-order valence-corrected chi connectivity index (χ4v) is 0.756. The van der Waals surface area contributed by atoms with E-state index in [0.29, 0.717) is 13.0 Å². The summed E-state index contributed by atoms with van der Waals surface area (Å²) in [6.45, 7) is 0.370. The summed E-state index contributed by atoms with van der Waals surface area (Å²) < 4.78 is 4.80. The summed E-state index contributed by atoms with van der Waals surface area (Å²) in [4.78, 5) is 10.8. The molecule has 0 radical (unpaired) electrons. The summed E-state index contributed by atoms with van der Waals surface area (Å²) in [6, 6.07) is -0.249. The smallest absolute Gasteiger partial charge is 0.234 e. The van der Waals surface area contributed by atoms with Gasteiger partial charge in [0.2, 0.25) is 5.91 Å². The summed E-state index contributed by atoms with van der Waals surface area (Å²) in [5.74, 6) is -0.259. The average molecular weight is 176 g/mol. The number of carbonyl (C=O) groups is 1. The molecule has 0 fully saturated rings. The normalized spacial score (nSPS) is 12.6. The van der Waals surface area contributed by atoms with Crippen LogP contribution in [0.2, 0.25) is 0 Å². The second-order valence-electron chi connectivity index (χ2n) is 2.43. The van der Waals surface area contributed by atoms with Crippen LogP contribution in [0.4, 0.5) is 0 Å². The Morgan fingerprint density at radius 2 is 2.42 bits per heavy atom. The van der Waals surface area contributed by atoms with Gasteiger partial charge >= 0.3 is 0 Å². The van der Waals surface area contributed by atoms with E-state index in [2.05, 4.69) is 5.32 Å². The van der Waals surface area contributed by atoms with Crippen molar-refractivity contribution in [1.29, 1.82) is 0 Å². The minimum Gasteiger partial charge on any atom is -0.394 e. The van der Waals surface area contributed by atoms with Crippen LogP contribution >= 0.6 is 0 Å². The first-order valence-electron chi connectivity index (χ1n) is 3.83. The highest BCUT2D eigenvalue weighted by atomic mass is 16.5. The number of ether oxygens (including phenoxy) is 1. The van der Waals surface area contributed by atoms with Crippen LogP contribution in [0.3, 0.4) is 0 Å². The van der Waals surface area contributed by atoms with E-state index in [-0.39, 0.29) is 25.1 Å². The highest BCUT2D eigenvalue weighted by Crippen LogP contribution is 1.90. The van der Waals surface area contributed by atoms with Gasteiger partial charge < -0.3 is 20.9 Å². The lowest BCUT2D eigenvalue weighted by Crippen LogP contribution is -2.41. The second-order valence-corrected chi connectivity index (χ2v) is 2.43. The molecule has 1 atom stereocenters. The summed E-state index contributed by atoms with van der Waals surface area (Å²) in [7, 11) is 1.57. The van der Waals surface area contributed by atoms with Gasteiger partial charge in [-0.3, -0.25) is 4.79 Å². The maximum absolute atomic E-state index is 10.8. The monoisotopic (exact) mass is 176 g/mol. The zero-order chi connectivity index (χ0) is 9.40. The van der Waals surface area contributed by atoms with Crippen molar-refractivity contribution < 1.29 is 14.6 Å². The van der Waals surface area contributed by atoms with Crippen molar-refractivity contribution in [3.8, 4) is 0 Å². The molecule has 0 saturated carbocycles. The van der Waals surface area contributed by atoms with E-state index >= 15 is 0 Å². The number of hydrogen-bond donors (Lipinski definition) is 3. The predicted octanol–water partition coefficient (Wildman–Crippen LogP) is -1.54. The Morgan fingerprint density at radius 1 is 1.75 bits per heavy atom. The predicted molar refractivity (Wildman–Crippen MR) is 44.6 cm³/mol.